The van der Waals surface area contributed by atoms with E-state index in [1.807, 2.05) is 0 Å². The molecule has 238 valence electrons. The molecule has 3 nitrogen and oxygen atoms in total. The molecule has 0 unspecified atom stereocenters. The molecule has 0 aliphatic carbocycles. The van der Waals surface area contributed by atoms with E-state index in [2.05, 4.69) is 191 Å². The smallest absolute Gasteiger partial charge is 0.143 e. The Morgan fingerprint density at radius 1 is 0.392 bits per heavy atom. The van der Waals surface area contributed by atoms with E-state index in [0.717, 1.165) is 55.6 Å². The average molecular weight is 651 g/mol. The lowest BCUT2D eigenvalue weighted by atomic mass is 10.0. The molecule has 0 saturated carbocycles. The third-order valence-corrected chi connectivity index (χ3v) is 10.5. The second-order valence-electron chi connectivity index (χ2n) is 13.3. The zero-order chi connectivity index (χ0) is 33.5. The van der Waals surface area contributed by atoms with Crippen LogP contribution < -0.4 is 4.90 Å². The lowest BCUT2D eigenvalue weighted by Crippen LogP contribution is -2.11. The number of fused-ring (bicyclic) bond motifs is 10. The molecule has 11 aromatic rings. The molecule has 0 amide bonds. The molecule has 9 aromatic carbocycles. The molecular formula is C48H30N2O. The van der Waals surface area contributed by atoms with Gasteiger partial charge in [0.1, 0.15) is 11.2 Å². The molecule has 0 bridgehead atoms. The zero-order valence-electron chi connectivity index (χ0n) is 27.6. The maximum Gasteiger partial charge on any atom is 0.143 e. The summed E-state index contributed by atoms with van der Waals surface area (Å²) in [6, 6.07) is 65.6. The molecule has 2 aromatic heterocycles. The minimum absolute atomic E-state index is 0.870. The molecule has 3 heteroatoms. The minimum Gasteiger partial charge on any atom is -0.455 e. The van der Waals surface area contributed by atoms with Gasteiger partial charge >= 0.3 is 0 Å². The van der Waals surface area contributed by atoms with Crippen molar-refractivity contribution < 1.29 is 4.42 Å². The molecule has 0 spiro atoms. The van der Waals surface area contributed by atoms with Gasteiger partial charge in [-0.3, -0.25) is 0 Å². The van der Waals surface area contributed by atoms with Crippen LogP contribution in [0.4, 0.5) is 17.1 Å². The summed E-state index contributed by atoms with van der Waals surface area (Å²) in [4.78, 5) is 2.45. The quantitative estimate of drug-likeness (QED) is 0.189. The normalized spacial score (nSPS) is 11.9. The van der Waals surface area contributed by atoms with E-state index in [4.69, 9.17) is 4.42 Å². The summed E-state index contributed by atoms with van der Waals surface area (Å²) in [5, 5.41) is 11.8. The van der Waals surface area contributed by atoms with E-state index < -0.39 is 0 Å². The molecule has 0 N–H and O–H groups in total. The summed E-state index contributed by atoms with van der Waals surface area (Å²) in [5.41, 5.74) is 8.53. The van der Waals surface area contributed by atoms with Crippen molar-refractivity contribution >= 4 is 93.1 Å². The van der Waals surface area contributed by atoms with Crippen molar-refractivity contribution in [2.45, 2.75) is 0 Å². The lowest BCUT2D eigenvalue weighted by Gasteiger charge is -2.27. The van der Waals surface area contributed by atoms with Gasteiger partial charge in [0.15, 0.2) is 0 Å². The molecule has 51 heavy (non-hydrogen) atoms. The van der Waals surface area contributed by atoms with Crippen LogP contribution in [0.15, 0.2) is 186 Å². The Kier molecular flexibility index (Phi) is 5.96. The van der Waals surface area contributed by atoms with Crippen LogP contribution in [0.5, 0.6) is 0 Å². The number of para-hydroxylation sites is 1. The summed E-state index contributed by atoms with van der Waals surface area (Å²) in [6.45, 7) is 0. The van der Waals surface area contributed by atoms with E-state index >= 15 is 0 Å². The number of nitrogens with zero attached hydrogens (tertiary/aromatic N) is 2. The Balaban J connectivity index is 1.29. The summed E-state index contributed by atoms with van der Waals surface area (Å²) >= 11 is 0. The molecular weight excluding hydrogens is 621 g/mol. The van der Waals surface area contributed by atoms with Gasteiger partial charge in [0.2, 0.25) is 0 Å². The van der Waals surface area contributed by atoms with Crippen LogP contribution in [-0.4, -0.2) is 4.57 Å². The Morgan fingerprint density at radius 2 is 1.04 bits per heavy atom. The maximum atomic E-state index is 6.74. The number of anilines is 3. The number of benzene rings is 9. The summed E-state index contributed by atoms with van der Waals surface area (Å²) < 4.78 is 9.15. The van der Waals surface area contributed by atoms with Crippen LogP contribution >= 0.6 is 0 Å². The molecule has 2 heterocycles. The van der Waals surface area contributed by atoms with Gasteiger partial charge in [-0.2, -0.15) is 0 Å². The van der Waals surface area contributed by atoms with Crippen molar-refractivity contribution in [2.75, 3.05) is 4.90 Å². The zero-order valence-corrected chi connectivity index (χ0v) is 27.6. The Hall–Kier alpha value is -6.84. The number of furan rings is 1. The van der Waals surface area contributed by atoms with E-state index in [1.54, 1.807) is 0 Å². The third-order valence-electron chi connectivity index (χ3n) is 10.5. The third kappa shape index (κ3) is 4.19. The van der Waals surface area contributed by atoms with Gasteiger partial charge in [0, 0.05) is 32.9 Å². The number of aromatic nitrogens is 1. The van der Waals surface area contributed by atoms with Crippen molar-refractivity contribution in [3.8, 4) is 5.69 Å². The van der Waals surface area contributed by atoms with Gasteiger partial charge in [0.05, 0.1) is 27.8 Å². The molecule has 0 aliphatic rings. The van der Waals surface area contributed by atoms with Crippen molar-refractivity contribution in [3.05, 3.63) is 182 Å². The summed E-state index contributed by atoms with van der Waals surface area (Å²) in [5.74, 6) is 0. The van der Waals surface area contributed by atoms with Crippen LogP contribution in [-0.2, 0) is 0 Å². The monoisotopic (exact) mass is 650 g/mol. The van der Waals surface area contributed by atoms with Gasteiger partial charge in [-0.15, -0.1) is 0 Å². The highest BCUT2D eigenvalue weighted by Crippen LogP contribution is 2.48. The Morgan fingerprint density at radius 3 is 1.86 bits per heavy atom. The Labute approximate surface area is 293 Å². The van der Waals surface area contributed by atoms with Crippen LogP contribution in [0.2, 0.25) is 0 Å². The van der Waals surface area contributed by atoms with Crippen LogP contribution in [0, 0.1) is 0 Å². The number of hydrogen-bond acceptors (Lipinski definition) is 2. The van der Waals surface area contributed by atoms with Gasteiger partial charge in [-0.05, 0) is 93.7 Å². The van der Waals surface area contributed by atoms with Gasteiger partial charge < -0.3 is 13.9 Å². The van der Waals surface area contributed by atoms with Crippen molar-refractivity contribution in [3.63, 3.8) is 0 Å². The van der Waals surface area contributed by atoms with Gasteiger partial charge in [-0.25, -0.2) is 0 Å². The standard InChI is InChI=1S/C48H30N2O/c1-2-17-36(18-3-1)49-41-20-10-21-42(46(41)40-29-34-15-6-7-16-35(34)30-44(40)49)50(37-26-24-31-12-4-5-14-33(31)28-37)43-22-11-23-45-47(43)39-27-25-32-13-8-9-19-38(32)48(39)51-45/h1-30H. The predicted molar refractivity (Wildman–Crippen MR) is 215 cm³/mol. The summed E-state index contributed by atoms with van der Waals surface area (Å²) in [7, 11) is 0. The van der Waals surface area contributed by atoms with E-state index in [9.17, 15) is 0 Å². The molecule has 0 aliphatic heterocycles. The first-order valence-corrected chi connectivity index (χ1v) is 17.4. The number of rotatable bonds is 4. The van der Waals surface area contributed by atoms with Gasteiger partial charge in [-0.1, -0.05) is 115 Å². The fraction of sp³-hybridized carbons (Fsp3) is 0. The van der Waals surface area contributed by atoms with Gasteiger partial charge in [0.25, 0.3) is 0 Å². The second kappa shape index (κ2) is 10.8. The number of hydrogen-bond donors (Lipinski definition) is 0. The van der Waals surface area contributed by atoms with Crippen molar-refractivity contribution in [2.24, 2.45) is 0 Å². The van der Waals surface area contributed by atoms with Crippen LogP contribution in [0.1, 0.15) is 0 Å². The highest BCUT2D eigenvalue weighted by molar-refractivity contribution is 6.23. The largest absolute Gasteiger partial charge is 0.455 e. The molecule has 0 atom stereocenters. The molecule has 0 saturated heterocycles. The van der Waals surface area contributed by atoms with E-state index in [0.29, 0.717) is 0 Å². The molecule has 0 fully saturated rings. The summed E-state index contributed by atoms with van der Waals surface area (Å²) in [6.07, 6.45) is 0. The SMILES string of the molecule is c1ccc(-n2c3cc4ccccc4cc3c3c(N(c4ccc5ccccc5c4)c4cccc5oc6c7ccccc7ccc6c45)cccc32)cc1. The first-order chi connectivity index (χ1) is 25.3. The predicted octanol–water partition coefficient (Wildman–Crippen LogP) is 13.6. The van der Waals surface area contributed by atoms with E-state index in [-0.39, 0.29) is 0 Å². The van der Waals surface area contributed by atoms with Crippen LogP contribution in [0.3, 0.4) is 0 Å². The molecule has 11 rings (SSSR count). The van der Waals surface area contributed by atoms with Crippen molar-refractivity contribution in [1.29, 1.82) is 0 Å². The maximum absolute atomic E-state index is 6.74. The topological polar surface area (TPSA) is 21.3 Å². The lowest BCUT2D eigenvalue weighted by molar-refractivity contribution is 0.672. The fourth-order valence-electron chi connectivity index (χ4n) is 8.22. The Bertz CT molecular complexity index is 3150. The van der Waals surface area contributed by atoms with Crippen LogP contribution in [0.25, 0.3) is 81.7 Å². The average Bonchev–Trinajstić information content (AvgIpc) is 3.74. The first kappa shape index (κ1) is 28.0. The fourth-order valence-corrected chi connectivity index (χ4v) is 8.22. The first-order valence-electron chi connectivity index (χ1n) is 17.4. The molecule has 0 radical (unpaired) electrons. The highest BCUT2D eigenvalue weighted by Gasteiger charge is 2.25. The second-order valence-corrected chi connectivity index (χ2v) is 13.3. The minimum atomic E-state index is 0.870. The highest BCUT2D eigenvalue weighted by atomic mass is 16.3. The van der Waals surface area contributed by atoms with E-state index in [1.165, 1.54) is 43.2 Å². The van der Waals surface area contributed by atoms with Crippen molar-refractivity contribution in [1.82, 2.24) is 4.57 Å².